The Morgan fingerprint density at radius 1 is 0.897 bits per heavy atom. The Labute approximate surface area is 168 Å². The summed E-state index contributed by atoms with van der Waals surface area (Å²) in [6.45, 7) is 0.685. The number of nitrogen functional groups attached to an aromatic ring is 1. The van der Waals surface area contributed by atoms with Crippen molar-refractivity contribution in [1.82, 2.24) is 15.3 Å². The maximum absolute atomic E-state index is 11.3. The Morgan fingerprint density at radius 2 is 1.59 bits per heavy atom. The monoisotopic (exact) mass is 383 g/mol. The van der Waals surface area contributed by atoms with E-state index in [2.05, 4.69) is 20.6 Å². The summed E-state index contributed by atoms with van der Waals surface area (Å²) >= 11 is 0. The van der Waals surface area contributed by atoms with Crippen molar-refractivity contribution in [3.63, 3.8) is 0 Å². The number of benzene rings is 2. The third kappa shape index (κ3) is 4.32. The number of carbonyl (C=O) groups is 1. The predicted molar refractivity (Wildman–Crippen MR) is 117 cm³/mol. The zero-order chi connectivity index (χ0) is 20.1. The number of nitrogens with zero attached hydrogens (tertiary/aromatic N) is 2. The van der Waals surface area contributed by atoms with Crippen LogP contribution in [0.4, 0.5) is 11.4 Å². The molecular weight excluding hydrogens is 362 g/mol. The lowest BCUT2D eigenvalue weighted by Crippen LogP contribution is -2.28. The molecule has 0 saturated heterocycles. The van der Waals surface area contributed by atoms with Crippen LogP contribution in [0.3, 0.4) is 0 Å². The van der Waals surface area contributed by atoms with Gasteiger partial charge in [0.15, 0.2) is 0 Å². The van der Waals surface area contributed by atoms with Gasteiger partial charge in [-0.25, -0.2) is 0 Å². The summed E-state index contributed by atoms with van der Waals surface area (Å²) in [5, 5.41) is 10.5. The average molecular weight is 383 g/mol. The van der Waals surface area contributed by atoms with E-state index in [9.17, 15) is 4.79 Å². The summed E-state index contributed by atoms with van der Waals surface area (Å²) in [6.07, 6.45) is 9.61. The molecule has 0 unspecified atom stereocenters. The Hall–Kier alpha value is -3.93. The number of rotatable bonds is 2. The number of hydrogen-bond donors (Lipinski definition) is 3. The van der Waals surface area contributed by atoms with Crippen molar-refractivity contribution in [2.45, 2.75) is 6.42 Å². The van der Waals surface area contributed by atoms with Crippen molar-refractivity contribution < 1.29 is 4.79 Å². The SMILES string of the molecule is Nc1cccc2cnccc12.O=C1C=C(Nc2cccc3cnccc23)CCN1. The van der Waals surface area contributed by atoms with Crippen molar-refractivity contribution in [3.05, 3.63) is 85.1 Å². The van der Waals surface area contributed by atoms with E-state index in [-0.39, 0.29) is 5.91 Å². The second-order valence-electron chi connectivity index (χ2n) is 6.68. The van der Waals surface area contributed by atoms with Crippen molar-refractivity contribution in [1.29, 1.82) is 0 Å². The number of nitrogens with one attached hydrogen (secondary N) is 2. The molecule has 144 valence electrons. The highest BCUT2D eigenvalue weighted by molar-refractivity contribution is 5.95. The molecule has 5 rings (SSSR count). The fourth-order valence-corrected chi connectivity index (χ4v) is 3.25. The highest BCUT2D eigenvalue weighted by Crippen LogP contribution is 2.24. The molecule has 1 aliphatic rings. The van der Waals surface area contributed by atoms with Crippen LogP contribution in [0.1, 0.15) is 6.42 Å². The highest BCUT2D eigenvalue weighted by Gasteiger charge is 2.09. The molecule has 2 aromatic heterocycles. The van der Waals surface area contributed by atoms with Gasteiger partial charge in [0, 0.05) is 82.4 Å². The van der Waals surface area contributed by atoms with Crippen LogP contribution >= 0.6 is 0 Å². The summed E-state index contributed by atoms with van der Waals surface area (Å²) in [7, 11) is 0. The summed E-state index contributed by atoms with van der Waals surface area (Å²) in [6, 6.07) is 15.7. The average Bonchev–Trinajstić information content (AvgIpc) is 2.75. The summed E-state index contributed by atoms with van der Waals surface area (Å²) in [5.41, 5.74) is 8.50. The van der Waals surface area contributed by atoms with E-state index in [0.717, 1.165) is 45.0 Å². The number of anilines is 2. The molecule has 6 heteroatoms. The van der Waals surface area contributed by atoms with Crippen LogP contribution in [0.2, 0.25) is 0 Å². The van der Waals surface area contributed by atoms with E-state index in [0.29, 0.717) is 6.54 Å². The molecule has 0 bridgehead atoms. The number of hydrogen-bond acceptors (Lipinski definition) is 5. The normalized spacial score (nSPS) is 13.2. The van der Waals surface area contributed by atoms with Crippen molar-refractivity contribution >= 4 is 38.8 Å². The van der Waals surface area contributed by atoms with Crippen molar-refractivity contribution in [3.8, 4) is 0 Å². The molecule has 1 aliphatic heterocycles. The Bertz CT molecular complexity index is 1190. The molecule has 0 radical (unpaired) electrons. The predicted octanol–water partition coefficient (Wildman–Crippen LogP) is 3.87. The second kappa shape index (κ2) is 8.39. The fourth-order valence-electron chi connectivity index (χ4n) is 3.25. The van der Waals surface area contributed by atoms with Crippen LogP contribution in [0, 0.1) is 0 Å². The molecule has 6 nitrogen and oxygen atoms in total. The molecule has 4 N–H and O–H groups in total. The minimum atomic E-state index is -0.0364. The Kier molecular flexibility index (Phi) is 5.33. The van der Waals surface area contributed by atoms with E-state index in [1.807, 2.05) is 60.9 Å². The number of aromatic nitrogens is 2. The summed E-state index contributed by atoms with van der Waals surface area (Å²) < 4.78 is 0. The third-order valence-corrected chi connectivity index (χ3v) is 4.69. The molecule has 0 fully saturated rings. The largest absolute Gasteiger partial charge is 0.398 e. The van der Waals surface area contributed by atoms with Gasteiger partial charge in [0.2, 0.25) is 5.91 Å². The van der Waals surface area contributed by atoms with Crippen molar-refractivity contribution in [2.75, 3.05) is 17.6 Å². The van der Waals surface area contributed by atoms with E-state index >= 15 is 0 Å². The van der Waals surface area contributed by atoms with Gasteiger partial charge >= 0.3 is 0 Å². The lowest BCUT2D eigenvalue weighted by Gasteiger charge is -2.16. The molecule has 1 amide bonds. The Morgan fingerprint density at radius 3 is 2.31 bits per heavy atom. The van der Waals surface area contributed by atoms with Gasteiger partial charge in [0.1, 0.15) is 0 Å². The molecule has 2 aromatic carbocycles. The van der Waals surface area contributed by atoms with Crippen LogP contribution in [0.5, 0.6) is 0 Å². The van der Waals surface area contributed by atoms with Crippen LogP contribution in [-0.2, 0) is 4.79 Å². The molecule has 29 heavy (non-hydrogen) atoms. The van der Waals surface area contributed by atoms with Gasteiger partial charge in [-0.2, -0.15) is 0 Å². The number of pyridine rings is 2. The second-order valence-corrected chi connectivity index (χ2v) is 6.68. The van der Waals surface area contributed by atoms with E-state index in [1.54, 1.807) is 18.5 Å². The number of fused-ring (bicyclic) bond motifs is 2. The molecular formula is C23H21N5O. The molecule has 4 aromatic rings. The number of carbonyl (C=O) groups excluding carboxylic acids is 1. The van der Waals surface area contributed by atoms with Gasteiger partial charge in [-0.15, -0.1) is 0 Å². The number of amides is 1. The summed E-state index contributed by atoms with van der Waals surface area (Å²) in [4.78, 5) is 19.4. The minimum absolute atomic E-state index is 0.0364. The van der Waals surface area contributed by atoms with E-state index in [1.165, 1.54) is 0 Å². The fraction of sp³-hybridized carbons (Fsp3) is 0.0870. The van der Waals surface area contributed by atoms with Crippen LogP contribution in [-0.4, -0.2) is 22.4 Å². The maximum atomic E-state index is 11.3. The highest BCUT2D eigenvalue weighted by atomic mass is 16.1. The Balaban J connectivity index is 0.000000159. The van der Waals surface area contributed by atoms with Gasteiger partial charge in [0.05, 0.1) is 0 Å². The minimum Gasteiger partial charge on any atom is -0.398 e. The molecule has 0 atom stereocenters. The molecule has 0 saturated carbocycles. The van der Waals surface area contributed by atoms with E-state index in [4.69, 9.17) is 5.73 Å². The lowest BCUT2D eigenvalue weighted by atomic mass is 10.1. The van der Waals surface area contributed by atoms with Crippen LogP contribution in [0.25, 0.3) is 21.5 Å². The maximum Gasteiger partial charge on any atom is 0.245 e. The lowest BCUT2D eigenvalue weighted by molar-refractivity contribution is -0.116. The zero-order valence-corrected chi connectivity index (χ0v) is 15.8. The first-order valence-electron chi connectivity index (χ1n) is 9.37. The zero-order valence-electron chi connectivity index (χ0n) is 15.8. The van der Waals surface area contributed by atoms with Crippen molar-refractivity contribution in [2.24, 2.45) is 0 Å². The van der Waals surface area contributed by atoms with Gasteiger partial charge in [-0.3, -0.25) is 14.8 Å². The standard InChI is InChI=1S/C14H13N3O.C9H8N2/c18-14-8-11(4-7-16-14)17-13-3-1-2-10-9-15-6-5-12(10)13;10-9-3-1-2-7-6-11-5-4-8(7)9/h1-3,5-6,8-9,17H,4,7H2,(H,16,18);1-6H,10H2. The smallest absolute Gasteiger partial charge is 0.245 e. The number of nitrogens with two attached hydrogens (primary N) is 1. The molecule has 3 heterocycles. The van der Waals surface area contributed by atoms with Gasteiger partial charge < -0.3 is 16.4 Å². The first-order valence-corrected chi connectivity index (χ1v) is 9.37. The van der Waals surface area contributed by atoms with Crippen LogP contribution < -0.4 is 16.4 Å². The summed E-state index contributed by atoms with van der Waals surface area (Å²) in [5.74, 6) is -0.0364. The molecule has 0 spiro atoms. The topological polar surface area (TPSA) is 92.9 Å². The van der Waals surface area contributed by atoms with Gasteiger partial charge in [0.25, 0.3) is 0 Å². The van der Waals surface area contributed by atoms with Crippen LogP contribution in [0.15, 0.2) is 85.1 Å². The quantitative estimate of drug-likeness (QED) is 0.457. The van der Waals surface area contributed by atoms with Gasteiger partial charge in [-0.05, 0) is 24.3 Å². The first kappa shape index (κ1) is 18.4. The first-order chi connectivity index (χ1) is 14.2. The molecule has 0 aliphatic carbocycles. The van der Waals surface area contributed by atoms with E-state index < -0.39 is 0 Å². The van der Waals surface area contributed by atoms with Gasteiger partial charge in [-0.1, -0.05) is 24.3 Å². The third-order valence-electron chi connectivity index (χ3n) is 4.69.